The zero-order chi connectivity index (χ0) is 12.5. The van der Waals surface area contributed by atoms with E-state index in [4.69, 9.17) is 16.3 Å². The van der Waals surface area contributed by atoms with E-state index in [1.54, 1.807) is 7.11 Å². The van der Waals surface area contributed by atoms with Gasteiger partial charge in [0.2, 0.25) is 0 Å². The van der Waals surface area contributed by atoms with Crippen LogP contribution in [0.25, 0.3) is 0 Å². The number of carbonyl (C=O) groups excluding carboxylic acids is 1. The minimum Gasteiger partial charge on any atom is -0.385 e. The summed E-state index contributed by atoms with van der Waals surface area (Å²) in [7, 11) is 1.68. The molecule has 0 atom stereocenters. The molecule has 0 radical (unpaired) electrons. The molecule has 1 N–H and O–H groups in total. The van der Waals surface area contributed by atoms with Crippen molar-refractivity contribution < 1.29 is 9.53 Å². The van der Waals surface area contributed by atoms with Crippen LogP contribution in [0, 0.1) is 0 Å². The number of unbranched alkanes of at least 4 members (excludes halogenated alkanes) is 2. The van der Waals surface area contributed by atoms with Gasteiger partial charge in [-0.3, -0.25) is 9.78 Å². The number of carbonyl (C=O) groups is 1. The number of hydrogen-bond donors (Lipinski definition) is 1. The van der Waals surface area contributed by atoms with E-state index in [1.165, 1.54) is 12.4 Å². The number of amides is 1. The fourth-order valence-electron chi connectivity index (χ4n) is 1.29. The molecule has 0 fully saturated rings. The number of aromatic nitrogens is 2. The number of methoxy groups -OCH3 is 1. The van der Waals surface area contributed by atoms with Crippen molar-refractivity contribution in [3.63, 3.8) is 0 Å². The average Bonchev–Trinajstić information content (AvgIpc) is 2.33. The van der Waals surface area contributed by atoms with Crippen LogP contribution >= 0.6 is 11.6 Å². The van der Waals surface area contributed by atoms with Crippen LogP contribution in [0.4, 0.5) is 0 Å². The van der Waals surface area contributed by atoms with Crippen molar-refractivity contribution in [3.8, 4) is 0 Å². The molecule has 1 rings (SSSR count). The molecular formula is C11H16ClN3O2. The fraction of sp³-hybridized carbons (Fsp3) is 0.545. The Morgan fingerprint density at radius 3 is 2.94 bits per heavy atom. The lowest BCUT2D eigenvalue weighted by Gasteiger charge is -2.04. The van der Waals surface area contributed by atoms with E-state index in [-0.39, 0.29) is 16.8 Å². The van der Waals surface area contributed by atoms with E-state index in [1.807, 2.05) is 0 Å². The van der Waals surface area contributed by atoms with Crippen molar-refractivity contribution in [2.24, 2.45) is 0 Å². The predicted octanol–water partition coefficient (Wildman–Crippen LogP) is 1.68. The first-order valence-corrected chi connectivity index (χ1v) is 5.86. The van der Waals surface area contributed by atoms with E-state index in [9.17, 15) is 4.79 Å². The van der Waals surface area contributed by atoms with Crippen molar-refractivity contribution in [2.45, 2.75) is 19.3 Å². The summed E-state index contributed by atoms with van der Waals surface area (Å²) in [6, 6.07) is 0. The summed E-state index contributed by atoms with van der Waals surface area (Å²) in [6.07, 6.45) is 5.73. The third-order valence-corrected chi connectivity index (χ3v) is 2.33. The van der Waals surface area contributed by atoms with Crippen LogP contribution in [0.3, 0.4) is 0 Å². The molecule has 1 aromatic heterocycles. The molecule has 0 aromatic carbocycles. The lowest BCUT2D eigenvalue weighted by atomic mass is 10.2. The molecule has 1 amide bonds. The normalized spacial score (nSPS) is 10.2. The Labute approximate surface area is 106 Å². The number of rotatable bonds is 7. The summed E-state index contributed by atoms with van der Waals surface area (Å²) in [5.41, 5.74) is 0.245. The monoisotopic (exact) mass is 257 g/mol. The molecule has 0 aliphatic carbocycles. The zero-order valence-corrected chi connectivity index (χ0v) is 10.5. The third kappa shape index (κ3) is 5.60. The SMILES string of the molecule is COCCCCCNC(=O)c1cncc(Cl)n1. The highest BCUT2D eigenvalue weighted by Gasteiger charge is 2.06. The van der Waals surface area contributed by atoms with Crippen LogP contribution in [0.2, 0.25) is 5.15 Å². The van der Waals surface area contributed by atoms with E-state index < -0.39 is 0 Å². The summed E-state index contributed by atoms with van der Waals surface area (Å²) in [5.74, 6) is -0.244. The van der Waals surface area contributed by atoms with Crippen molar-refractivity contribution in [3.05, 3.63) is 23.2 Å². The maximum Gasteiger partial charge on any atom is 0.271 e. The van der Waals surface area contributed by atoms with E-state index in [0.717, 1.165) is 25.9 Å². The topological polar surface area (TPSA) is 64.1 Å². The van der Waals surface area contributed by atoms with Gasteiger partial charge in [-0.15, -0.1) is 0 Å². The highest BCUT2D eigenvalue weighted by Crippen LogP contribution is 2.02. The first-order chi connectivity index (χ1) is 8.24. The average molecular weight is 258 g/mol. The molecule has 0 saturated carbocycles. The van der Waals surface area contributed by atoms with Gasteiger partial charge in [-0.1, -0.05) is 11.6 Å². The Kier molecular flexibility index (Phi) is 6.50. The molecular weight excluding hydrogens is 242 g/mol. The second-order valence-corrected chi connectivity index (χ2v) is 3.92. The maximum absolute atomic E-state index is 11.6. The molecule has 1 heterocycles. The minimum absolute atomic E-state index is 0.220. The minimum atomic E-state index is -0.244. The second kappa shape index (κ2) is 7.97. The first-order valence-electron chi connectivity index (χ1n) is 5.48. The molecule has 17 heavy (non-hydrogen) atoms. The van der Waals surface area contributed by atoms with Crippen molar-refractivity contribution in [2.75, 3.05) is 20.3 Å². The Bertz CT molecular complexity index is 360. The standard InChI is InChI=1S/C11H16ClN3O2/c1-17-6-4-2-3-5-14-11(16)9-7-13-8-10(12)15-9/h7-8H,2-6H2,1H3,(H,14,16). The van der Waals surface area contributed by atoms with Gasteiger partial charge in [0.05, 0.1) is 12.4 Å². The summed E-state index contributed by atoms with van der Waals surface area (Å²) < 4.78 is 4.93. The number of ether oxygens (including phenoxy) is 1. The molecule has 6 heteroatoms. The van der Waals surface area contributed by atoms with E-state index >= 15 is 0 Å². The quantitative estimate of drug-likeness (QED) is 0.755. The Morgan fingerprint density at radius 1 is 1.41 bits per heavy atom. The van der Waals surface area contributed by atoms with Crippen molar-refractivity contribution in [1.82, 2.24) is 15.3 Å². The zero-order valence-electron chi connectivity index (χ0n) is 9.78. The molecule has 0 bridgehead atoms. The Balaban J connectivity index is 2.21. The van der Waals surface area contributed by atoms with E-state index in [2.05, 4.69) is 15.3 Å². The van der Waals surface area contributed by atoms with Gasteiger partial charge in [-0.05, 0) is 19.3 Å². The molecule has 0 spiro atoms. The van der Waals surface area contributed by atoms with Crippen LogP contribution in [0.15, 0.2) is 12.4 Å². The number of halogens is 1. The maximum atomic E-state index is 11.6. The van der Waals surface area contributed by atoms with E-state index in [0.29, 0.717) is 6.54 Å². The largest absolute Gasteiger partial charge is 0.385 e. The Hall–Kier alpha value is -1.20. The van der Waals surface area contributed by atoms with Gasteiger partial charge in [-0.2, -0.15) is 0 Å². The van der Waals surface area contributed by atoms with Gasteiger partial charge in [0.15, 0.2) is 0 Å². The molecule has 0 saturated heterocycles. The van der Waals surface area contributed by atoms with Gasteiger partial charge >= 0.3 is 0 Å². The highest BCUT2D eigenvalue weighted by molar-refractivity contribution is 6.29. The van der Waals surface area contributed by atoms with Crippen LogP contribution < -0.4 is 5.32 Å². The summed E-state index contributed by atoms with van der Waals surface area (Å²) in [4.78, 5) is 19.3. The smallest absolute Gasteiger partial charge is 0.271 e. The van der Waals surface area contributed by atoms with Gasteiger partial charge in [0, 0.05) is 20.3 Å². The lowest BCUT2D eigenvalue weighted by molar-refractivity contribution is 0.0947. The summed E-state index contributed by atoms with van der Waals surface area (Å²) >= 11 is 5.64. The van der Waals surface area contributed by atoms with Crippen LogP contribution in [-0.4, -0.2) is 36.1 Å². The van der Waals surface area contributed by atoms with Crippen molar-refractivity contribution >= 4 is 17.5 Å². The van der Waals surface area contributed by atoms with Crippen LogP contribution in [-0.2, 0) is 4.74 Å². The van der Waals surface area contributed by atoms with Gasteiger partial charge < -0.3 is 10.1 Å². The molecule has 0 aliphatic rings. The number of hydrogen-bond acceptors (Lipinski definition) is 4. The second-order valence-electron chi connectivity index (χ2n) is 3.54. The highest BCUT2D eigenvalue weighted by atomic mass is 35.5. The van der Waals surface area contributed by atoms with Gasteiger partial charge in [0.25, 0.3) is 5.91 Å². The fourth-order valence-corrected chi connectivity index (χ4v) is 1.44. The first kappa shape index (κ1) is 13.9. The van der Waals surface area contributed by atoms with Crippen LogP contribution in [0.5, 0.6) is 0 Å². The third-order valence-electron chi connectivity index (χ3n) is 2.15. The molecule has 1 aromatic rings. The predicted molar refractivity (Wildman–Crippen MR) is 65.1 cm³/mol. The van der Waals surface area contributed by atoms with Crippen molar-refractivity contribution in [1.29, 1.82) is 0 Å². The molecule has 0 unspecified atom stereocenters. The lowest BCUT2D eigenvalue weighted by Crippen LogP contribution is -2.25. The van der Waals surface area contributed by atoms with Crippen LogP contribution in [0.1, 0.15) is 29.8 Å². The molecule has 5 nitrogen and oxygen atoms in total. The summed E-state index contributed by atoms with van der Waals surface area (Å²) in [6.45, 7) is 1.38. The van der Waals surface area contributed by atoms with Gasteiger partial charge in [0.1, 0.15) is 10.8 Å². The number of nitrogens with one attached hydrogen (secondary N) is 1. The number of nitrogens with zero attached hydrogens (tertiary/aromatic N) is 2. The Morgan fingerprint density at radius 2 is 2.24 bits per heavy atom. The van der Waals surface area contributed by atoms with Gasteiger partial charge in [-0.25, -0.2) is 4.98 Å². The molecule has 94 valence electrons. The molecule has 0 aliphatic heterocycles. The summed E-state index contributed by atoms with van der Waals surface area (Å²) in [5, 5.41) is 2.98.